The molecule has 17 heavy (non-hydrogen) atoms. The van der Waals surface area contributed by atoms with E-state index >= 15 is 0 Å². The molecular formula is C11H17ClN4O. The number of likely N-dealkylation sites (N-methyl/N-ethyl adjacent to an activating group) is 1. The lowest BCUT2D eigenvalue weighted by molar-refractivity contribution is -0.128. The highest BCUT2D eigenvalue weighted by Crippen LogP contribution is 2.17. The van der Waals surface area contributed by atoms with Crippen LogP contribution in [0.15, 0.2) is 6.33 Å². The summed E-state index contributed by atoms with van der Waals surface area (Å²) in [4.78, 5) is 21.4. The number of anilines is 1. The topological polar surface area (TPSA) is 58.1 Å². The van der Waals surface area contributed by atoms with E-state index in [9.17, 15) is 4.79 Å². The fourth-order valence-electron chi connectivity index (χ4n) is 1.45. The SMILES string of the molecule is CCN(CC)C(=O)CNc1ncnc(Cl)c1C. The fourth-order valence-corrected chi connectivity index (χ4v) is 1.59. The number of nitrogens with one attached hydrogen (secondary N) is 1. The number of hydrogen-bond acceptors (Lipinski definition) is 4. The van der Waals surface area contributed by atoms with Crippen LogP contribution in [-0.4, -0.2) is 40.4 Å². The lowest BCUT2D eigenvalue weighted by Gasteiger charge is -2.19. The van der Waals surface area contributed by atoms with Gasteiger partial charge in [0.15, 0.2) is 0 Å². The maximum absolute atomic E-state index is 11.8. The highest BCUT2D eigenvalue weighted by atomic mass is 35.5. The van der Waals surface area contributed by atoms with Crippen molar-refractivity contribution in [1.82, 2.24) is 14.9 Å². The Kier molecular flexibility index (Phi) is 5.15. The van der Waals surface area contributed by atoms with Crippen molar-refractivity contribution in [3.8, 4) is 0 Å². The molecule has 0 aliphatic carbocycles. The second-order valence-corrected chi connectivity index (χ2v) is 3.92. The van der Waals surface area contributed by atoms with Crippen molar-refractivity contribution in [3.05, 3.63) is 17.0 Å². The van der Waals surface area contributed by atoms with Gasteiger partial charge in [-0.3, -0.25) is 4.79 Å². The maximum Gasteiger partial charge on any atom is 0.241 e. The summed E-state index contributed by atoms with van der Waals surface area (Å²) in [5.74, 6) is 0.648. The minimum atomic E-state index is 0.0455. The number of halogens is 1. The first kappa shape index (κ1) is 13.7. The molecule has 94 valence electrons. The van der Waals surface area contributed by atoms with Crippen LogP contribution in [0, 0.1) is 6.92 Å². The highest BCUT2D eigenvalue weighted by Gasteiger charge is 2.10. The third kappa shape index (κ3) is 3.56. The summed E-state index contributed by atoms with van der Waals surface area (Å²) in [6.45, 7) is 7.35. The molecule has 0 bridgehead atoms. The molecule has 1 aromatic rings. The summed E-state index contributed by atoms with van der Waals surface area (Å²) < 4.78 is 0. The van der Waals surface area contributed by atoms with Crippen LogP contribution in [0.3, 0.4) is 0 Å². The first-order valence-electron chi connectivity index (χ1n) is 5.58. The average molecular weight is 257 g/mol. The molecule has 0 saturated heterocycles. The quantitative estimate of drug-likeness (QED) is 0.815. The summed E-state index contributed by atoms with van der Waals surface area (Å²) >= 11 is 5.86. The Hall–Kier alpha value is -1.36. The van der Waals surface area contributed by atoms with Crippen molar-refractivity contribution in [1.29, 1.82) is 0 Å². The number of amides is 1. The molecule has 0 radical (unpaired) electrons. The van der Waals surface area contributed by atoms with E-state index in [0.29, 0.717) is 24.1 Å². The third-order valence-electron chi connectivity index (χ3n) is 2.55. The van der Waals surface area contributed by atoms with Crippen LogP contribution in [0.1, 0.15) is 19.4 Å². The van der Waals surface area contributed by atoms with Crippen LogP contribution in [0.25, 0.3) is 0 Å². The smallest absolute Gasteiger partial charge is 0.241 e. The molecule has 0 spiro atoms. The maximum atomic E-state index is 11.8. The molecule has 0 saturated carbocycles. The van der Waals surface area contributed by atoms with E-state index < -0.39 is 0 Å². The van der Waals surface area contributed by atoms with Crippen LogP contribution in [0.2, 0.25) is 5.15 Å². The van der Waals surface area contributed by atoms with Crippen LogP contribution in [0.4, 0.5) is 5.82 Å². The Bertz CT molecular complexity index is 393. The number of carbonyl (C=O) groups excluding carboxylic acids is 1. The van der Waals surface area contributed by atoms with Crippen molar-refractivity contribution in [2.24, 2.45) is 0 Å². The Balaban J connectivity index is 2.61. The number of hydrogen-bond donors (Lipinski definition) is 1. The molecular weight excluding hydrogens is 240 g/mol. The molecule has 1 aromatic heterocycles. The molecule has 0 aromatic carbocycles. The average Bonchev–Trinajstić information content (AvgIpc) is 2.32. The standard InChI is InChI=1S/C11H17ClN4O/c1-4-16(5-2)9(17)6-13-11-8(3)10(12)14-7-15-11/h7H,4-6H2,1-3H3,(H,13,14,15). The van der Waals surface area contributed by atoms with Gasteiger partial charge in [-0.15, -0.1) is 0 Å². The van der Waals surface area contributed by atoms with Gasteiger partial charge in [-0.05, 0) is 20.8 Å². The minimum Gasteiger partial charge on any atom is -0.361 e. The van der Waals surface area contributed by atoms with Gasteiger partial charge < -0.3 is 10.2 Å². The van der Waals surface area contributed by atoms with Gasteiger partial charge in [0.25, 0.3) is 0 Å². The zero-order valence-corrected chi connectivity index (χ0v) is 11.1. The van der Waals surface area contributed by atoms with Gasteiger partial charge in [-0.2, -0.15) is 0 Å². The van der Waals surface area contributed by atoms with Gasteiger partial charge in [-0.25, -0.2) is 9.97 Å². The van der Waals surface area contributed by atoms with E-state index in [2.05, 4.69) is 15.3 Å². The Morgan fingerprint density at radius 1 is 1.41 bits per heavy atom. The van der Waals surface area contributed by atoms with Crippen molar-refractivity contribution in [2.45, 2.75) is 20.8 Å². The van der Waals surface area contributed by atoms with Gasteiger partial charge in [0, 0.05) is 18.7 Å². The first-order chi connectivity index (χ1) is 8.10. The first-order valence-corrected chi connectivity index (χ1v) is 5.96. The third-order valence-corrected chi connectivity index (χ3v) is 2.93. The van der Waals surface area contributed by atoms with E-state index in [-0.39, 0.29) is 12.5 Å². The van der Waals surface area contributed by atoms with Gasteiger partial charge >= 0.3 is 0 Å². The fraction of sp³-hybridized carbons (Fsp3) is 0.545. The minimum absolute atomic E-state index is 0.0455. The molecule has 5 nitrogen and oxygen atoms in total. The second-order valence-electron chi connectivity index (χ2n) is 3.56. The zero-order valence-electron chi connectivity index (χ0n) is 10.3. The van der Waals surface area contributed by atoms with Crippen LogP contribution in [-0.2, 0) is 4.79 Å². The van der Waals surface area contributed by atoms with Crippen LogP contribution >= 0.6 is 11.6 Å². The Morgan fingerprint density at radius 2 is 2.06 bits per heavy atom. The largest absolute Gasteiger partial charge is 0.361 e. The number of carbonyl (C=O) groups is 1. The molecule has 0 atom stereocenters. The van der Waals surface area contributed by atoms with Crippen LogP contribution < -0.4 is 5.32 Å². The van der Waals surface area contributed by atoms with Crippen molar-refractivity contribution < 1.29 is 4.79 Å². The Labute approximate surface area is 106 Å². The summed E-state index contributed by atoms with van der Waals surface area (Å²) in [5, 5.41) is 3.38. The predicted molar refractivity (Wildman–Crippen MR) is 68.2 cm³/mol. The van der Waals surface area contributed by atoms with Gasteiger partial charge in [0.1, 0.15) is 17.3 Å². The number of rotatable bonds is 5. The molecule has 0 aliphatic heterocycles. The summed E-state index contributed by atoms with van der Waals surface area (Å²) in [6, 6.07) is 0. The second kappa shape index (κ2) is 6.39. The van der Waals surface area contributed by atoms with E-state index in [1.54, 1.807) is 4.90 Å². The van der Waals surface area contributed by atoms with Gasteiger partial charge in [0.2, 0.25) is 5.91 Å². The molecule has 1 N–H and O–H groups in total. The number of aromatic nitrogens is 2. The predicted octanol–water partition coefficient (Wildman–Crippen LogP) is 1.72. The van der Waals surface area contributed by atoms with E-state index in [1.807, 2.05) is 20.8 Å². The monoisotopic (exact) mass is 256 g/mol. The normalized spacial score (nSPS) is 10.1. The van der Waals surface area contributed by atoms with E-state index in [4.69, 9.17) is 11.6 Å². The van der Waals surface area contributed by atoms with Crippen molar-refractivity contribution in [3.63, 3.8) is 0 Å². The molecule has 6 heteroatoms. The molecule has 1 amide bonds. The summed E-state index contributed by atoms with van der Waals surface area (Å²) in [6.07, 6.45) is 1.37. The molecule has 0 fully saturated rings. The van der Waals surface area contributed by atoms with Crippen molar-refractivity contribution in [2.75, 3.05) is 25.0 Å². The zero-order chi connectivity index (χ0) is 12.8. The lowest BCUT2D eigenvalue weighted by atomic mass is 10.3. The summed E-state index contributed by atoms with van der Waals surface area (Å²) in [5.41, 5.74) is 0.751. The molecule has 0 aliphatic rings. The molecule has 1 rings (SSSR count). The van der Waals surface area contributed by atoms with Gasteiger partial charge in [0.05, 0.1) is 6.54 Å². The van der Waals surface area contributed by atoms with E-state index in [0.717, 1.165) is 5.56 Å². The highest BCUT2D eigenvalue weighted by molar-refractivity contribution is 6.30. The van der Waals surface area contributed by atoms with Gasteiger partial charge in [-0.1, -0.05) is 11.6 Å². The summed E-state index contributed by atoms with van der Waals surface area (Å²) in [7, 11) is 0. The van der Waals surface area contributed by atoms with Crippen LogP contribution in [0.5, 0.6) is 0 Å². The van der Waals surface area contributed by atoms with Crippen molar-refractivity contribution >= 4 is 23.3 Å². The Morgan fingerprint density at radius 3 is 2.65 bits per heavy atom. The van der Waals surface area contributed by atoms with E-state index in [1.165, 1.54) is 6.33 Å². The number of nitrogens with zero attached hydrogens (tertiary/aromatic N) is 3. The lowest BCUT2D eigenvalue weighted by Crippen LogP contribution is -2.35. The molecule has 0 unspecified atom stereocenters. The molecule has 1 heterocycles.